The van der Waals surface area contributed by atoms with E-state index in [1.54, 1.807) is 12.1 Å². The lowest BCUT2D eigenvalue weighted by Crippen LogP contribution is -2.32. The molecule has 1 N–H and O–H groups in total. The largest absolute Gasteiger partial charge is 0.326 e. The number of rotatable bonds is 5. The molecule has 0 aliphatic carbocycles. The molecule has 7 heteroatoms. The molecule has 2 aromatic rings. The summed E-state index contributed by atoms with van der Waals surface area (Å²) in [5.41, 5.74) is 1.94. The summed E-state index contributed by atoms with van der Waals surface area (Å²) >= 11 is 11.7. The monoisotopic (exact) mass is 382 g/mol. The fraction of sp³-hybridized carbons (Fsp3) is 0.222. The molecule has 0 aliphatic heterocycles. The lowest BCUT2D eigenvalue weighted by molar-refractivity contribution is -0.117. The molecule has 0 saturated carbocycles. The number of benzene rings is 2. The number of hydrogen-bond acceptors (Lipinski definition) is 2. The van der Waals surface area contributed by atoms with Gasteiger partial charge in [-0.25, -0.2) is 4.39 Å². The predicted octanol–water partition coefficient (Wildman–Crippen LogP) is 4.82. The van der Waals surface area contributed by atoms with Gasteiger partial charge in [0.15, 0.2) is 0 Å². The summed E-state index contributed by atoms with van der Waals surface area (Å²) in [5.74, 6) is -1.06. The molecule has 0 atom stereocenters. The lowest BCUT2D eigenvalue weighted by atomic mass is 10.1. The van der Waals surface area contributed by atoms with Crippen LogP contribution in [0.25, 0.3) is 0 Å². The molecule has 132 valence electrons. The fourth-order valence-electron chi connectivity index (χ4n) is 2.33. The van der Waals surface area contributed by atoms with Crippen molar-refractivity contribution in [3.05, 3.63) is 57.8 Å². The van der Waals surface area contributed by atoms with E-state index in [-0.39, 0.29) is 29.8 Å². The summed E-state index contributed by atoms with van der Waals surface area (Å²) in [6.07, 6.45) is 0.0700. The Balaban J connectivity index is 2.05. The number of nitrogens with one attached hydrogen (secondary N) is 1. The molecule has 0 aliphatic rings. The summed E-state index contributed by atoms with van der Waals surface area (Å²) in [5, 5.41) is 3.07. The van der Waals surface area contributed by atoms with Crippen LogP contribution in [0.3, 0.4) is 0 Å². The Kier molecular flexibility index (Phi) is 6.39. The van der Waals surface area contributed by atoms with Crippen LogP contribution in [0.15, 0.2) is 36.4 Å². The van der Waals surface area contributed by atoms with Gasteiger partial charge in [0.05, 0.1) is 5.02 Å². The normalized spacial score (nSPS) is 10.4. The zero-order valence-corrected chi connectivity index (χ0v) is 15.3. The van der Waals surface area contributed by atoms with Crippen LogP contribution in [-0.4, -0.2) is 18.4 Å². The molecule has 0 saturated heterocycles. The van der Waals surface area contributed by atoms with Crippen molar-refractivity contribution in [1.82, 2.24) is 0 Å². The third kappa shape index (κ3) is 5.18. The summed E-state index contributed by atoms with van der Waals surface area (Å²) in [6.45, 7) is 3.48. The molecular weight excluding hydrogens is 366 g/mol. The van der Waals surface area contributed by atoms with Gasteiger partial charge in [-0.15, -0.1) is 0 Å². The van der Waals surface area contributed by atoms with Gasteiger partial charge in [0.25, 0.3) is 0 Å². The minimum absolute atomic E-state index is 0.0700. The van der Waals surface area contributed by atoms with Gasteiger partial charge in [0.1, 0.15) is 5.82 Å². The van der Waals surface area contributed by atoms with Crippen molar-refractivity contribution in [2.75, 3.05) is 16.8 Å². The first-order valence-corrected chi connectivity index (χ1v) is 8.32. The third-order valence-electron chi connectivity index (χ3n) is 3.61. The molecule has 4 nitrogen and oxygen atoms in total. The van der Waals surface area contributed by atoms with Crippen LogP contribution in [0.4, 0.5) is 15.8 Å². The molecule has 0 radical (unpaired) electrons. The van der Waals surface area contributed by atoms with E-state index in [9.17, 15) is 14.0 Å². The molecule has 2 aromatic carbocycles. The fourth-order valence-corrected chi connectivity index (χ4v) is 2.68. The third-order valence-corrected chi connectivity index (χ3v) is 4.13. The highest BCUT2D eigenvalue weighted by atomic mass is 35.5. The first-order chi connectivity index (χ1) is 11.8. The summed E-state index contributed by atoms with van der Waals surface area (Å²) in [4.78, 5) is 25.6. The van der Waals surface area contributed by atoms with Gasteiger partial charge in [0.2, 0.25) is 11.8 Å². The Morgan fingerprint density at radius 1 is 1.16 bits per heavy atom. The number of halogens is 3. The van der Waals surface area contributed by atoms with Crippen LogP contribution >= 0.6 is 23.2 Å². The minimum atomic E-state index is -0.557. The van der Waals surface area contributed by atoms with Gasteiger partial charge in [-0.1, -0.05) is 29.3 Å². The molecule has 0 fully saturated rings. The van der Waals surface area contributed by atoms with Gasteiger partial charge >= 0.3 is 0 Å². The second-order valence-corrected chi connectivity index (χ2v) is 6.37. The maximum atomic E-state index is 13.1. The maximum absolute atomic E-state index is 13.1. The summed E-state index contributed by atoms with van der Waals surface area (Å²) in [6, 6.07) is 9.17. The van der Waals surface area contributed by atoms with E-state index in [2.05, 4.69) is 5.32 Å². The van der Waals surface area contributed by atoms with Crippen LogP contribution in [0.1, 0.15) is 18.9 Å². The number of anilines is 2. The number of hydrogen-bond donors (Lipinski definition) is 1. The molecule has 2 amide bonds. The van der Waals surface area contributed by atoms with E-state index in [1.807, 2.05) is 13.0 Å². The first kappa shape index (κ1) is 19.2. The lowest BCUT2D eigenvalue weighted by Gasteiger charge is -2.23. The van der Waals surface area contributed by atoms with E-state index in [0.717, 1.165) is 5.56 Å². The minimum Gasteiger partial charge on any atom is -0.326 e. The number of amides is 2. The van der Waals surface area contributed by atoms with Crippen LogP contribution in [0.5, 0.6) is 0 Å². The highest BCUT2D eigenvalue weighted by Crippen LogP contribution is 2.25. The van der Waals surface area contributed by atoms with Crippen LogP contribution in [-0.2, 0) is 9.59 Å². The van der Waals surface area contributed by atoms with E-state index in [4.69, 9.17) is 23.2 Å². The molecule has 0 aromatic heterocycles. The Morgan fingerprint density at radius 3 is 2.52 bits per heavy atom. The topological polar surface area (TPSA) is 49.4 Å². The van der Waals surface area contributed by atoms with E-state index in [1.165, 1.54) is 30.0 Å². The van der Waals surface area contributed by atoms with E-state index >= 15 is 0 Å². The smallest absolute Gasteiger partial charge is 0.226 e. The Hall–Kier alpha value is -2.11. The SMILES string of the molecule is CC(=O)N(CCC(=O)Nc1ccc(F)c(Cl)c1)c1cc(Cl)ccc1C. The van der Waals surface area contributed by atoms with Crippen molar-refractivity contribution in [3.63, 3.8) is 0 Å². The molecular formula is C18H17Cl2FN2O2. The van der Waals surface area contributed by atoms with Crippen molar-refractivity contribution in [1.29, 1.82) is 0 Å². The van der Waals surface area contributed by atoms with E-state index in [0.29, 0.717) is 16.4 Å². The van der Waals surface area contributed by atoms with Crippen molar-refractivity contribution >= 4 is 46.4 Å². The second-order valence-electron chi connectivity index (χ2n) is 5.53. The predicted molar refractivity (Wildman–Crippen MR) is 98.9 cm³/mol. The summed E-state index contributed by atoms with van der Waals surface area (Å²) in [7, 11) is 0. The van der Waals surface area contributed by atoms with Gasteiger partial charge in [0, 0.05) is 36.3 Å². The number of carbonyl (C=O) groups is 2. The quantitative estimate of drug-likeness (QED) is 0.805. The number of aryl methyl sites for hydroxylation is 1. The zero-order chi connectivity index (χ0) is 18.6. The molecule has 0 bridgehead atoms. The maximum Gasteiger partial charge on any atom is 0.226 e. The summed E-state index contributed by atoms with van der Waals surface area (Å²) < 4.78 is 13.1. The zero-order valence-electron chi connectivity index (χ0n) is 13.8. The highest BCUT2D eigenvalue weighted by Gasteiger charge is 2.16. The highest BCUT2D eigenvalue weighted by molar-refractivity contribution is 6.31. The van der Waals surface area contributed by atoms with Crippen molar-refractivity contribution in [2.24, 2.45) is 0 Å². The number of carbonyl (C=O) groups excluding carboxylic acids is 2. The average molecular weight is 383 g/mol. The standard InChI is InChI=1S/C18H17Cl2FN2O2/c1-11-3-4-13(19)9-17(11)23(12(2)24)8-7-18(25)22-14-5-6-16(21)15(20)10-14/h3-6,9-10H,7-8H2,1-2H3,(H,22,25). The molecule has 0 heterocycles. The average Bonchev–Trinajstić information content (AvgIpc) is 2.54. The van der Waals surface area contributed by atoms with Crippen molar-refractivity contribution in [2.45, 2.75) is 20.3 Å². The Morgan fingerprint density at radius 2 is 1.88 bits per heavy atom. The van der Waals surface area contributed by atoms with Gasteiger partial charge in [-0.05, 0) is 42.8 Å². The van der Waals surface area contributed by atoms with Gasteiger partial charge < -0.3 is 10.2 Å². The number of nitrogens with zero attached hydrogens (tertiary/aromatic N) is 1. The van der Waals surface area contributed by atoms with Crippen LogP contribution in [0, 0.1) is 12.7 Å². The molecule has 25 heavy (non-hydrogen) atoms. The van der Waals surface area contributed by atoms with Gasteiger partial charge in [-0.3, -0.25) is 9.59 Å². The van der Waals surface area contributed by atoms with Crippen LogP contribution < -0.4 is 10.2 Å². The molecule has 2 rings (SSSR count). The Labute approximate surface area is 155 Å². The Bertz CT molecular complexity index is 812. The first-order valence-electron chi connectivity index (χ1n) is 7.57. The van der Waals surface area contributed by atoms with Crippen LogP contribution in [0.2, 0.25) is 10.0 Å². The van der Waals surface area contributed by atoms with Gasteiger partial charge in [-0.2, -0.15) is 0 Å². The second kappa shape index (κ2) is 8.32. The molecule has 0 unspecified atom stereocenters. The molecule has 0 spiro atoms. The van der Waals surface area contributed by atoms with Crippen molar-refractivity contribution < 1.29 is 14.0 Å². The van der Waals surface area contributed by atoms with Crippen molar-refractivity contribution in [3.8, 4) is 0 Å². The van der Waals surface area contributed by atoms with E-state index < -0.39 is 5.82 Å².